The van der Waals surface area contributed by atoms with E-state index in [1.807, 2.05) is 0 Å². The minimum Gasteiger partial charge on any atom is -0.351 e. The lowest BCUT2D eigenvalue weighted by Crippen LogP contribution is -2.44. The molecule has 1 saturated heterocycles. The van der Waals surface area contributed by atoms with Crippen LogP contribution in [-0.4, -0.2) is 49.1 Å². The van der Waals surface area contributed by atoms with Gasteiger partial charge in [-0.15, -0.1) is 0 Å². The Morgan fingerprint density at radius 3 is 2.42 bits per heavy atom. The van der Waals surface area contributed by atoms with E-state index < -0.39 is 6.03 Å². The second-order valence-electron chi connectivity index (χ2n) is 5.63. The molecule has 1 aliphatic heterocycles. The molecule has 0 unspecified atom stereocenters. The lowest BCUT2D eigenvalue weighted by molar-refractivity contribution is -0.120. The van der Waals surface area contributed by atoms with Crippen molar-refractivity contribution in [1.82, 2.24) is 15.5 Å². The van der Waals surface area contributed by atoms with E-state index in [-0.39, 0.29) is 5.91 Å². The number of hydrogen-bond donors (Lipinski definition) is 3. The Morgan fingerprint density at radius 2 is 1.84 bits per heavy atom. The number of imide groups is 1. The summed E-state index contributed by atoms with van der Waals surface area (Å²) in [5.74, 6) is 0.636. The molecule has 108 valence electrons. The molecule has 0 bridgehead atoms. The van der Waals surface area contributed by atoms with E-state index in [1.54, 1.807) is 0 Å². The lowest BCUT2D eigenvalue weighted by Gasteiger charge is -2.32. The van der Waals surface area contributed by atoms with Crippen LogP contribution >= 0.6 is 0 Å². The number of hydrogen-bond acceptors (Lipinski definition) is 4. The largest absolute Gasteiger partial charge is 0.351 e. The number of carbonyl (C=O) groups excluding carboxylic acids is 2. The van der Waals surface area contributed by atoms with Crippen LogP contribution in [0.15, 0.2) is 0 Å². The van der Waals surface area contributed by atoms with Gasteiger partial charge >= 0.3 is 6.03 Å². The molecule has 2 fully saturated rings. The minimum absolute atomic E-state index is 0.290. The van der Waals surface area contributed by atoms with Crippen molar-refractivity contribution in [3.8, 4) is 0 Å². The van der Waals surface area contributed by atoms with Gasteiger partial charge in [0.25, 0.3) is 0 Å². The summed E-state index contributed by atoms with van der Waals surface area (Å²) in [6.07, 6.45) is 5.40. The fraction of sp³-hybridized carbons (Fsp3) is 0.846. The molecule has 0 radical (unpaired) electrons. The fourth-order valence-electron chi connectivity index (χ4n) is 2.48. The minimum atomic E-state index is -0.770. The summed E-state index contributed by atoms with van der Waals surface area (Å²) in [6.45, 7) is 3.92. The lowest BCUT2D eigenvalue weighted by atomic mass is 10.0. The van der Waals surface area contributed by atoms with Crippen molar-refractivity contribution in [3.05, 3.63) is 0 Å². The first-order chi connectivity index (χ1) is 9.13. The van der Waals surface area contributed by atoms with Gasteiger partial charge in [0, 0.05) is 19.0 Å². The number of amides is 3. The van der Waals surface area contributed by atoms with E-state index in [9.17, 15) is 9.59 Å². The molecule has 19 heavy (non-hydrogen) atoms. The van der Waals surface area contributed by atoms with Gasteiger partial charge in [0.05, 0.1) is 0 Å². The number of rotatable bonds is 6. The van der Waals surface area contributed by atoms with Crippen molar-refractivity contribution in [2.45, 2.75) is 38.1 Å². The summed E-state index contributed by atoms with van der Waals surface area (Å²) in [5, 5.41) is 5.72. The molecule has 2 aliphatic rings. The maximum Gasteiger partial charge on any atom is 0.318 e. The number of nitrogens with one attached hydrogen (secondary N) is 2. The van der Waals surface area contributed by atoms with Crippen LogP contribution in [0.25, 0.3) is 0 Å². The molecule has 0 spiro atoms. The smallest absolute Gasteiger partial charge is 0.318 e. The number of likely N-dealkylation sites (tertiary alicyclic amines) is 1. The van der Waals surface area contributed by atoms with E-state index >= 15 is 0 Å². The summed E-state index contributed by atoms with van der Waals surface area (Å²) >= 11 is 0. The average molecular weight is 268 g/mol. The Balaban J connectivity index is 1.55. The zero-order valence-electron chi connectivity index (χ0n) is 11.4. The highest BCUT2D eigenvalue weighted by Gasteiger charge is 2.24. The highest BCUT2D eigenvalue weighted by atomic mass is 16.2. The molecule has 0 aromatic rings. The van der Waals surface area contributed by atoms with Gasteiger partial charge in [-0.25, -0.2) is 4.79 Å². The highest BCUT2D eigenvalue weighted by Crippen LogP contribution is 2.28. The van der Waals surface area contributed by atoms with Crippen molar-refractivity contribution in [2.75, 3.05) is 26.2 Å². The second kappa shape index (κ2) is 6.86. The topological polar surface area (TPSA) is 87.5 Å². The summed E-state index contributed by atoms with van der Waals surface area (Å²) < 4.78 is 0. The van der Waals surface area contributed by atoms with Crippen LogP contribution in [0.1, 0.15) is 32.1 Å². The SMILES string of the molecule is NC(=O)NC(=O)CCN1CCC(NCC2CC2)CC1. The van der Waals surface area contributed by atoms with Crippen molar-refractivity contribution in [1.29, 1.82) is 0 Å². The van der Waals surface area contributed by atoms with Crippen LogP contribution in [0.5, 0.6) is 0 Å². The van der Waals surface area contributed by atoms with Crippen molar-refractivity contribution in [2.24, 2.45) is 11.7 Å². The maximum absolute atomic E-state index is 11.3. The molecular weight excluding hydrogens is 244 g/mol. The molecule has 0 aromatic heterocycles. The molecule has 6 heteroatoms. The Hall–Kier alpha value is -1.14. The highest BCUT2D eigenvalue weighted by molar-refractivity contribution is 5.93. The molecule has 0 aromatic carbocycles. The quantitative estimate of drug-likeness (QED) is 0.634. The van der Waals surface area contributed by atoms with Gasteiger partial charge in [-0.2, -0.15) is 0 Å². The molecule has 1 aliphatic carbocycles. The molecule has 1 saturated carbocycles. The third-order valence-electron chi connectivity index (χ3n) is 3.90. The first kappa shape index (κ1) is 14.3. The Bertz CT molecular complexity index is 323. The first-order valence-electron chi connectivity index (χ1n) is 7.18. The normalized spacial score (nSPS) is 21.3. The number of nitrogens with two attached hydrogens (primary N) is 1. The number of primary amides is 1. The Morgan fingerprint density at radius 1 is 1.16 bits per heavy atom. The summed E-state index contributed by atoms with van der Waals surface area (Å²) in [7, 11) is 0. The van der Waals surface area contributed by atoms with Gasteiger partial charge in [-0.1, -0.05) is 0 Å². The van der Waals surface area contributed by atoms with Crippen LogP contribution in [0.2, 0.25) is 0 Å². The molecular formula is C13H24N4O2. The third-order valence-corrected chi connectivity index (χ3v) is 3.90. The van der Waals surface area contributed by atoms with Gasteiger partial charge in [0.15, 0.2) is 0 Å². The maximum atomic E-state index is 11.3. The molecule has 6 nitrogen and oxygen atoms in total. The molecule has 4 N–H and O–H groups in total. The molecule has 3 amide bonds. The van der Waals surface area contributed by atoms with Crippen LogP contribution in [-0.2, 0) is 4.79 Å². The standard InChI is InChI=1S/C13H24N4O2/c14-13(19)16-12(18)5-8-17-6-3-11(4-7-17)15-9-10-1-2-10/h10-11,15H,1-9H2,(H3,14,16,18,19). The zero-order chi connectivity index (χ0) is 13.7. The summed E-state index contributed by atoms with van der Waals surface area (Å²) in [4.78, 5) is 24.1. The second-order valence-corrected chi connectivity index (χ2v) is 5.63. The third kappa shape index (κ3) is 5.57. The van der Waals surface area contributed by atoms with Gasteiger partial charge in [-0.3, -0.25) is 10.1 Å². The van der Waals surface area contributed by atoms with Gasteiger partial charge in [0.1, 0.15) is 0 Å². The predicted molar refractivity (Wildman–Crippen MR) is 72.5 cm³/mol. The monoisotopic (exact) mass is 268 g/mol. The average Bonchev–Trinajstić information content (AvgIpc) is 3.18. The van der Waals surface area contributed by atoms with E-state index in [0.29, 0.717) is 19.0 Å². The van der Waals surface area contributed by atoms with Crippen LogP contribution in [0.4, 0.5) is 4.79 Å². The van der Waals surface area contributed by atoms with Crippen LogP contribution < -0.4 is 16.4 Å². The predicted octanol–water partition coefficient (Wildman–Crippen LogP) is 0.0354. The van der Waals surface area contributed by atoms with E-state index in [1.165, 1.54) is 19.4 Å². The van der Waals surface area contributed by atoms with Crippen LogP contribution in [0, 0.1) is 5.92 Å². The molecule has 0 atom stereocenters. The Kier molecular flexibility index (Phi) is 5.15. The van der Waals surface area contributed by atoms with Gasteiger partial charge in [-0.05, 0) is 51.2 Å². The fourth-order valence-corrected chi connectivity index (χ4v) is 2.48. The Labute approximate surface area is 114 Å². The van der Waals surface area contributed by atoms with E-state index in [2.05, 4.69) is 15.5 Å². The molecule has 1 heterocycles. The first-order valence-corrected chi connectivity index (χ1v) is 7.18. The number of carbonyl (C=O) groups is 2. The van der Waals surface area contributed by atoms with Gasteiger partial charge < -0.3 is 16.0 Å². The van der Waals surface area contributed by atoms with Crippen molar-refractivity contribution < 1.29 is 9.59 Å². The number of piperidine rings is 1. The van der Waals surface area contributed by atoms with Crippen LogP contribution in [0.3, 0.4) is 0 Å². The van der Waals surface area contributed by atoms with Gasteiger partial charge in [0.2, 0.25) is 5.91 Å². The summed E-state index contributed by atoms with van der Waals surface area (Å²) in [5.41, 5.74) is 4.89. The summed E-state index contributed by atoms with van der Waals surface area (Å²) in [6, 6.07) is -0.135. The van der Waals surface area contributed by atoms with E-state index in [4.69, 9.17) is 5.73 Å². The molecule has 2 rings (SSSR count). The number of nitrogens with zero attached hydrogens (tertiary/aromatic N) is 1. The van der Waals surface area contributed by atoms with E-state index in [0.717, 1.165) is 31.8 Å². The number of urea groups is 1. The zero-order valence-corrected chi connectivity index (χ0v) is 11.4. The van der Waals surface area contributed by atoms with Crippen molar-refractivity contribution >= 4 is 11.9 Å². The van der Waals surface area contributed by atoms with Crippen molar-refractivity contribution in [3.63, 3.8) is 0 Å².